The molecular formula is C16H20N2S2. The van der Waals surface area contributed by atoms with Gasteiger partial charge in [-0.15, -0.1) is 23.5 Å². The number of rotatable bonds is 2. The van der Waals surface area contributed by atoms with Crippen LogP contribution in [-0.2, 0) is 0 Å². The summed E-state index contributed by atoms with van der Waals surface area (Å²) >= 11 is 3.25. The van der Waals surface area contributed by atoms with Gasteiger partial charge in [-0.25, -0.2) is 0 Å². The average Bonchev–Trinajstić information content (AvgIpc) is 2.26. The smallest absolute Gasteiger partial charge is 0.102 e. The van der Waals surface area contributed by atoms with Crippen molar-refractivity contribution in [3.05, 3.63) is 23.3 Å². The highest BCUT2D eigenvalue weighted by Gasteiger charge is 2.22. The van der Waals surface area contributed by atoms with E-state index in [4.69, 9.17) is 0 Å². The third kappa shape index (κ3) is 4.78. The highest BCUT2D eigenvalue weighted by Crippen LogP contribution is 2.40. The van der Waals surface area contributed by atoms with Crippen molar-refractivity contribution < 1.29 is 0 Å². The maximum absolute atomic E-state index is 9.43. The van der Waals surface area contributed by atoms with E-state index in [0.29, 0.717) is 11.1 Å². The zero-order valence-corrected chi connectivity index (χ0v) is 14.5. The molecule has 0 atom stereocenters. The Hall–Kier alpha value is -1.10. The molecule has 0 aliphatic carbocycles. The van der Waals surface area contributed by atoms with Gasteiger partial charge in [0.25, 0.3) is 0 Å². The number of hydrogen-bond donors (Lipinski definition) is 0. The van der Waals surface area contributed by atoms with Crippen molar-refractivity contribution in [3.8, 4) is 12.1 Å². The van der Waals surface area contributed by atoms with Crippen LogP contribution in [0.2, 0.25) is 0 Å². The maximum atomic E-state index is 9.43. The van der Waals surface area contributed by atoms with E-state index >= 15 is 0 Å². The zero-order chi connectivity index (χ0) is 15.6. The molecule has 0 aliphatic rings. The maximum Gasteiger partial charge on any atom is 0.102 e. The molecule has 0 amide bonds. The Balaban J connectivity index is 3.36. The van der Waals surface area contributed by atoms with Crippen LogP contribution in [0.15, 0.2) is 21.9 Å². The minimum Gasteiger partial charge on any atom is -0.192 e. The topological polar surface area (TPSA) is 47.6 Å². The lowest BCUT2D eigenvalue weighted by molar-refractivity contribution is 0.800. The molecule has 4 heteroatoms. The van der Waals surface area contributed by atoms with Crippen molar-refractivity contribution in [2.45, 2.75) is 60.8 Å². The van der Waals surface area contributed by atoms with Crippen LogP contribution in [0.3, 0.4) is 0 Å². The first-order valence-electron chi connectivity index (χ1n) is 6.42. The highest BCUT2D eigenvalue weighted by atomic mass is 32.2. The first kappa shape index (κ1) is 17.0. The molecule has 0 unspecified atom stereocenters. The first-order chi connectivity index (χ1) is 9.07. The Morgan fingerprint density at radius 2 is 1.05 bits per heavy atom. The summed E-state index contributed by atoms with van der Waals surface area (Å²) in [6.45, 7) is 12.6. The second-order valence-electron chi connectivity index (χ2n) is 6.46. The minimum absolute atomic E-state index is 0.0109. The average molecular weight is 304 g/mol. The van der Waals surface area contributed by atoms with E-state index in [1.165, 1.54) is 0 Å². The lowest BCUT2D eigenvalue weighted by atomic mass is 10.1. The van der Waals surface area contributed by atoms with Crippen molar-refractivity contribution in [2.75, 3.05) is 0 Å². The third-order valence-electron chi connectivity index (χ3n) is 2.18. The van der Waals surface area contributed by atoms with Gasteiger partial charge in [-0.1, -0.05) is 41.5 Å². The summed E-state index contributed by atoms with van der Waals surface area (Å²) < 4.78 is 0.0218. The molecule has 0 aliphatic heterocycles. The van der Waals surface area contributed by atoms with Gasteiger partial charge in [0.1, 0.15) is 12.1 Å². The van der Waals surface area contributed by atoms with Crippen molar-refractivity contribution in [1.29, 1.82) is 10.5 Å². The van der Waals surface area contributed by atoms with E-state index in [9.17, 15) is 10.5 Å². The molecule has 20 heavy (non-hydrogen) atoms. The molecule has 0 bridgehead atoms. The lowest BCUT2D eigenvalue weighted by Gasteiger charge is -2.21. The number of nitrogens with zero attached hydrogens (tertiary/aromatic N) is 2. The molecular weight excluding hydrogens is 284 g/mol. The molecule has 2 nitrogen and oxygen atoms in total. The van der Waals surface area contributed by atoms with Crippen molar-refractivity contribution in [3.63, 3.8) is 0 Å². The predicted octanol–water partition coefficient (Wildman–Crippen LogP) is 5.21. The van der Waals surface area contributed by atoms with Crippen molar-refractivity contribution in [2.24, 2.45) is 0 Å². The van der Waals surface area contributed by atoms with Crippen LogP contribution >= 0.6 is 23.5 Å². The molecule has 0 spiro atoms. The molecule has 0 fully saturated rings. The summed E-state index contributed by atoms with van der Waals surface area (Å²) in [7, 11) is 0. The fraction of sp³-hybridized carbons (Fsp3) is 0.500. The highest BCUT2D eigenvalue weighted by molar-refractivity contribution is 8.01. The number of hydrogen-bond acceptors (Lipinski definition) is 4. The zero-order valence-electron chi connectivity index (χ0n) is 12.9. The van der Waals surface area contributed by atoms with Gasteiger partial charge < -0.3 is 0 Å². The van der Waals surface area contributed by atoms with Crippen LogP contribution in [-0.4, -0.2) is 9.49 Å². The Morgan fingerprint density at radius 3 is 1.25 bits per heavy atom. The van der Waals surface area contributed by atoms with Gasteiger partial charge in [0.15, 0.2) is 0 Å². The largest absolute Gasteiger partial charge is 0.192 e. The normalized spacial score (nSPS) is 11.8. The van der Waals surface area contributed by atoms with E-state index < -0.39 is 0 Å². The SMILES string of the molecule is CC(C)(C)Sc1ccc(SC(C)(C)C)c(C#N)c1C#N. The molecule has 0 N–H and O–H groups in total. The Kier molecular flexibility index (Phi) is 5.19. The first-order valence-corrected chi connectivity index (χ1v) is 8.06. The molecule has 0 aromatic heterocycles. The number of thioether (sulfide) groups is 2. The van der Waals surface area contributed by atoms with Crippen LogP contribution in [0.5, 0.6) is 0 Å². The standard InChI is InChI=1S/C16H20N2S2/c1-15(2,3)19-13-7-8-14(20-16(4,5)6)12(10-18)11(13)9-17/h7-8H,1-6H3. The van der Waals surface area contributed by atoms with Crippen LogP contribution < -0.4 is 0 Å². The molecule has 1 rings (SSSR count). The summed E-state index contributed by atoms with van der Waals surface area (Å²) in [6, 6.07) is 8.34. The van der Waals surface area contributed by atoms with Gasteiger partial charge in [-0.2, -0.15) is 10.5 Å². The third-order valence-corrected chi connectivity index (χ3v) is 4.53. The Morgan fingerprint density at radius 1 is 0.750 bits per heavy atom. The van der Waals surface area contributed by atoms with Crippen LogP contribution in [0, 0.1) is 22.7 Å². The van der Waals surface area contributed by atoms with Crippen LogP contribution in [0.1, 0.15) is 52.7 Å². The summed E-state index contributed by atoms with van der Waals surface area (Å²) in [5.41, 5.74) is 1.00. The second-order valence-corrected chi connectivity index (χ2v) is 10.2. The molecule has 0 saturated carbocycles. The molecule has 1 aromatic rings. The summed E-state index contributed by atoms with van der Waals surface area (Å²) in [5, 5.41) is 18.9. The van der Waals surface area contributed by atoms with E-state index in [-0.39, 0.29) is 9.49 Å². The van der Waals surface area contributed by atoms with Gasteiger partial charge in [0.05, 0.1) is 11.1 Å². The quantitative estimate of drug-likeness (QED) is 0.704. The van der Waals surface area contributed by atoms with Gasteiger partial charge in [0.2, 0.25) is 0 Å². The molecule has 0 saturated heterocycles. The summed E-state index contributed by atoms with van der Waals surface area (Å²) in [5.74, 6) is 0. The van der Waals surface area contributed by atoms with Crippen LogP contribution in [0.25, 0.3) is 0 Å². The molecule has 0 heterocycles. The van der Waals surface area contributed by atoms with Crippen molar-refractivity contribution in [1.82, 2.24) is 0 Å². The van der Waals surface area contributed by atoms with Gasteiger partial charge in [0, 0.05) is 19.3 Å². The Bertz CT molecular complexity index is 526. The van der Waals surface area contributed by atoms with Crippen LogP contribution in [0.4, 0.5) is 0 Å². The van der Waals surface area contributed by atoms with Gasteiger partial charge in [-0.05, 0) is 12.1 Å². The van der Waals surface area contributed by atoms with E-state index in [0.717, 1.165) is 9.79 Å². The Labute approximate surface area is 130 Å². The number of benzene rings is 1. The van der Waals surface area contributed by atoms with E-state index in [1.54, 1.807) is 23.5 Å². The van der Waals surface area contributed by atoms with Gasteiger partial charge >= 0.3 is 0 Å². The van der Waals surface area contributed by atoms with E-state index in [2.05, 4.69) is 53.7 Å². The summed E-state index contributed by atoms with van der Waals surface area (Å²) in [6.07, 6.45) is 0. The van der Waals surface area contributed by atoms with E-state index in [1.807, 2.05) is 12.1 Å². The minimum atomic E-state index is 0.0109. The lowest BCUT2D eigenvalue weighted by Crippen LogP contribution is -2.09. The van der Waals surface area contributed by atoms with Crippen molar-refractivity contribution >= 4 is 23.5 Å². The fourth-order valence-electron chi connectivity index (χ4n) is 1.62. The molecule has 106 valence electrons. The second kappa shape index (κ2) is 6.12. The monoisotopic (exact) mass is 304 g/mol. The predicted molar refractivity (Wildman–Crippen MR) is 87.1 cm³/mol. The molecule has 0 radical (unpaired) electrons. The molecule has 1 aromatic carbocycles. The fourth-order valence-corrected chi connectivity index (χ4v) is 3.71. The summed E-state index contributed by atoms with van der Waals surface area (Å²) in [4.78, 5) is 1.77. The van der Waals surface area contributed by atoms with Gasteiger partial charge in [-0.3, -0.25) is 0 Å². The number of nitriles is 2.